The standard InChI is InChI=1S/C49H33N3.C6H7N/c1-30-27-37(21-23-39(30)40-14-8-25-50-31(40)2)46-41-10-3-5-12-43(41)47(44-13-6-4-11-42(44)46)38-20-18-34-28-36(19-17-35(34)29-38)45-24-22-33-16-15-32-9-7-26-51-48(32)49(33)52-45;1-6-4-2-3-5-7-6/h3-29H,1-2H3;2-5H,1H3. The van der Waals surface area contributed by atoms with Crippen molar-refractivity contribution in [2.75, 3.05) is 0 Å². The predicted octanol–water partition coefficient (Wildman–Crippen LogP) is 14.3. The second-order valence-electron chi connectivity index (χ2n) is 15.2. The highest BCUT2D eigenvalue weighted by atomic mass is 14.8. The monoisotopic (exact) mass is 756 g/mol. The molecule has 59 heavy (non-hydrogen) atoms. The van der Waals surface area contributed by atoms with E-state index in [4.69, 9.17) is 4.98 Å². The molecule has 4 heteroatoms. The molecule has 0 atom stereocenters. The summed E-state index contributed by atoms with van der Waals surface area (Å²) in [5.74, 6) is 0. The van der Waals surface area contributed by atoms with E-state index < -0.39 is 0 Å². The van der Waals surface area contributed by atoms with Gasteiger partial charge in [-0.05, 0) is 129 Å². The van der Waals surface area contributed by atoms with Gasteiger partial charge >= 0.3 is 0 Å². The number of rotatable bonds is 4. The quantitative estimate of drug-likeness (QED) is 0.133. The lowest BCUT2D eigenvalue weighted by Gasteiger charge is -2.19. The Labute approximate surface area is 343 Å². The number of benzene rings is 7. The minimum Gasteiger partial charge on any atom is -0.262 e. The van der Waals surface area contributed by atoms with E-state index in [1.54, 1.807) is 6.20 Å². The van der Waals surface area contributed by atoms with Gasteiger partial charge in [0, 0.05) is 51.9 Å². The van der Waals surface area contributed by atoms with Crippen LogP contribution < -0.4 is 0 Å². The van der Waals surface area contributed by atoms with E-state index in [-0.39, 0.29) is 0 Å². The van der Waals surface area contributed by atoms with Gasteiger partial charge in [0.05, 0.1) is 16.7 Å². The smallest absolute Gasteiger partial charge is 0.0972 e. The number of pyridine rings is 4. The van der Waals surface area contributed by atoms with Crippen LogP contribution in [0.1, 0.15) is 17.0 Å². The number of hydrogen-bond donors (Lipinski definition) is 0. The van der Waals surface area contributed by atoms with E-state index >= 15 is 0 Å². The molecular formula is C55H40N4. The van der Waals surface area contributed by atoms with Gasteiger partial charge in [0.2, 0.25) is 0 Å². The highest BCUT2D eigenvalue weighted by molar-refractivity contribution is 6.22. The van der Waals surface area contributed by atoms with Crippen molar-refractivity contribution < 1.29 is 0 Å². The van der Waals surface area contributed by atoms with E-state index in [9.17, 15) is 0 Å². The molecule has 0 amide bonds. The average molecular weight is 757 g/mol. The van der Waals surface area contributed by atoms with Crippen LogP contribution in [0.2, 0.25) is 0 Å². The van der Waals surface area contributed by atoms with Gasteiger partial charge in [-0.25, -0.2) is 4.98 Å². The van der Waals surface area contributed by atoms with Crippen molar-refractivity contribution in [2.24, 2.45) is 0 Å². The van der Waals surface area contributed by atoms with E-state index in [0.29, 0.717) is 0 Å². The summed E-state index contributed by atoms with van der Waals surface area (Å²) in [6.07, 6.45) is 5.49. The molecule has 0 unspecified atom stereocenters. The van der Waals surface area contributed by atoms with Gasteiger partial charge in [0.25, 0.3) is 0 Å². The largest absolute Gasteiger partial charge is 0.262 e. The maximum atomic E-state index is 5.11. The molecular weight excluding hydrogens is 717 g/mol. The van der Waals surface area contributed by atoms with Gasteiger partial charge in [-0.3, -0.25) is 15.0 Å². The van der Waals surface area contributed by atoms with Crippen LogP contribution in [0.25, 0.3) is 98.8 Å². The van der Waals surface area contributed by atoms with Gasteiger partial charge in [-0.2, -0.15) is 0 Å². The Balaban J connectivity index is 0.000000547. The molecule has 0 N–H and O–H groups in total. The molecule has 0 aliphatic rings. The highest BCUT2D eigenvalue weighted by Crippen LogP contribution is 2.45. The highest BCUT2D eigenvalue weighted by Gasteiger charge is 2.18. The van der Waals surface area contributed by atoms with Crippen LogP contribution in [-0.4, -0.2) is 19.9 Å². The predicted molar refractivity (Wildman–Crippen MR) is 248 cm³/mol. The average Bonchev–Trinajstić information content (AvgIpc) is 3.28. The molecule has 280 valence electrons. The lowest BCUT2D eigenvalue weighted by Crippen LogP contribution is -1.93. The first-order valence-electron chi connectivity index (χ1n) is 20.0. The van der Waals surface area contributed by atoms with Crippen LogP contribution in [-0.2, 0) is 0 Å². The Bertz CT molecular complexity index is 3310. The van der Waals surface area contributed by atoms with E-state index in [2.05, 4.69) is 168 Å². The summed E-state index contributed by atoms with van der Waals surface area (Å²) in [5, 5.41) is 9.57. The Morgan fingerprint density at radius 2 is 0.898 bits per heavy atom. The minimum atomic E-state index is 0.933. The van der Waals surface area contributed by atoms with Gasteiger partial charge in [-0.15, -0.1) is 0 Å². The zero-order valence-electron chi connectivity index (χ0n) is 33.2. The van der Waals surface area contributed by atoms with Crippen LogP contribution in [0.4, 0.5) is 0 Å². The summed E-state index contributed by atoms with van der Waals surface area (Å²) in [6, 6.07) is 60.8. The third kappa shape index (κ3) is 6.65. The Morgan fingerprint density at radius 1 is 0.356 bits per heavy atom. The summed E-state index contributed by atoms with van der Waals surface area (Å²) in [6.45, 7) is 6.26. The van der Waals surface area contributed by atoms with E-state index in [1.807, 2.05) is 49.6 Å². The zero-order chi connectivity index (χ0) is 39.9. The summed E-state index contributed by atoms with van der Waals surface area (Å²) in [4.78, 5) is 18.3. The van der Waals surface area contributed by atoms with Crippen LogP contribution in [0, 0.1) is 20.8 Å². The molecule has 11 rings (SSSR count). The number of hydrogen-bond acceptors (Lipinski definition) is 4. The molecule has 11 aromatic rings. The van der Waals surface area contributed by atoms with E-state index in [1.165, 1.54) is 71.3 Å². The SMILES string of the molecule is Cc1cc(-c2c3ccccc3c(-c3ccc4cc(-c5ccc6ccc7cccnc7c6n5)ccc4c3)c3ccccc23)ccc1-c1cccnc1C.Cc1ccccn1. The fourth-order valence-corrected chi connectivity index (χ4v) is 8.53. The molecule has 4 nitrogen and oxygen atoms in total. The van der Waals surface area contributed by atoms with Crippen molar-refractivity contribution in [2.45, 2.75) is 20.8 Å². The number of aryl methyl sites for hydroxylation is 3. The topological polar surface area (TPSA) is 51.6 Å². The molecule has 0 radical (unpaired) electrons. The Kier molecular flexibility index (Phi) is 9.15. The van der Waals surface area contributed by atoms with Crippen LogP contribution in [0.3, 0.4) is 0 Å². The number of fused-ring (bicyclic) bond motifs is 6. The van der Waals surface area contributed by atoms with Gasteiger partial charge in [-0.1, -0.05) is 127 Å². The molecule has 7 aromatic carbocycles. The Morgan fingerprint density at radius 3 is 1.53 bits per heavy atom. The maximum Gasteiger partial charge on any atom is 0.0972 e. The van der Waals surface area contributed by atoms with Crippen LogP contribution in [0.15, 0.2) is 188 Å². The fourth-order valence-electron chi connectivity index (χ4n) is 8.53. The molecule has 0 bridgehead atoms. The number of nitrogens with zero attached hydrogens (tertiary/aromatic N) is 4. The van der Waals surface area contributed by atoms with Crippen molar-refractivity contribution >= 4 is 54.1 Å². The molecule has 0 fully saturated rings. The Hall–Kier alpha value is -7.56. The van der Waals surface area contributed by atoms with Crippen molar-refractivity contribution in [3.8, 4) is 44.6 Å². The van der Waals surface area contributed by atoms with Crippen molar-refractivity contribution in [3.05, 3.63) is 205 Å². The van der Waals surface area contributed by atoms with Crippen molar-refractivity contribution in [1.82, 2.24) is 19.9 Å². The normalized spacial score (nSPS) is 11.3. The zero-order valence-corrected chi connectivity index (χ0v) is 33.2. The maximum absolute atomic E-state index is 5.11. The molecule has 0 spiro atoms. The van der Waals surface area contributed by atoms with Crippen LogP contribution in [0.5, 0.6) is 0 Å². The minimum absolute atomic E-state index is 0.933. The van der Waals surface area contributed by atoms with E-state index in [0.717, 1.165) is 44.5 Å². The molecule has 4 heterocycles. The second kappa shape index (κ2) is 15.1. The van der Waals surface area contributed by atoms with Crippen LogP contribution >= 0.6 is 0 Å². The third-order valence-electron chi connectivity index (χ3n) is 11.4. The molecule has 0 aliphatic heterocycles. The summed E-state index contributed by atoms with van der Waals surface area (Å²) < 4.78 is 0. The molecule has 4 aromatic heterocycles. The number of aromatic nitrogens is 4. The second-order valence-corrected chi connectivity index (χ2v) is 15.2. The van der Waals surface area contributed by atoms with Crippen molar-refractivity contribution in [1.29, 1.82) is 0 Å². The summed E-state index contributed by atoms with van der Waals surface area (Å²) in [7, 11) is 0. The lowest BCUT2D eigenvalue weighted by atomic mass is 9.84. The lowest BCUT2D eigenvalue weighted by molar-refractivity contribution is 1.20. The summed E-state index contributed by atoms with van der Waals surface area (Å²) >= 11 is 0. The first-order chi connectivity index (χ1) is 29.0. The van der Waals surface area contributed by atoms with Crippen molar-refractivity contribution in [3.63, 3.8) is 0 Å². The van der Waals surface area contributed by atoms with Gasteiger partial charge in [0.1, 0.15) is 0 Å². The molecule has 0 saturated carbocycles. The molecule has 0 saturated heterocycles. The first kappa shape index (κ1) is 35.8. The first-order valence-corrected chi connectivity index (χ1v) is 20.0. The molecule has 0 aliphatic carbocycles. The summed E-state index contributed by atoms with van der Waals surface area (Å²) in [5.41, 5.74) is 14.6. The third-order valence-corrected chi connectivity index (χ3v) is 11.4. The van der Waals surface area contributed by atoms with Gasteiger partial charge < -0.3 is 0 Å². The van der Waals surface area contributed by atoms with Gasteiger partial charge in [0.15, 0.2) is 0 Å². The fraction of sp³-hybridized carbons (Fsp3) is 0.0545.